The average Bonchev–Trinajstić information content (AvgIpc) is 2.42. The van der Waals surface area contributed by atoms with Gasteiger partial charge in [-0.25, -0.2) is 14.8 Å². The second kappa shape index (κ2) is 7.11. The van der Waals surface area contributed by atoms with Gasteiger partial charge in [0.05, 0.1) is 21.8 Å². The van der Waals surface area contributed by atoms with Gasteiger partial charge in [0, 0.05) is 0 Å². The van der Waals surface area contributed by atoms with Gasteiger partial charge < -0.3 is 0 Å². The molecule has 10 heteroatoms. The van der Waals surface area contributed by atoms with Crippen molar-refractivity contribution in [2.75, 3.05) is 5.32 Å². The standard InChI is InChI=1S/C12H6Cl4N4O2/c13-5-2-1-3-6(14)8(5)11(21)20-12(22)19-7-4-17-9(15)10(16)18-7/h1-4H,(H2,18,19,20,21,22). The first-order valence-electron chi connectivity index (χ1n) is 5.63. The van der Waals surface area contributed by atoms with Crippen molar-refractivity contribution in [1.82, 2.24) is 15.3 Å². The van der Waals surface area contributed by atoms with Crippen LogP contribution in [0.4, 0.5) is 10.6 Å². The number of anilines is 1. The molecule has 0 aliphatic heterocycles. The molecule has 114 valence electrons. The largest absolute Gasteiger partial charge is 0.327 e. The van der Waals surface area contributed by atoms with E-state index in [1.54, 1.807) is 6.07 Å². The summed E-state index contributed by atoms with van der Waals surface area (Å²) in [7, 11) is 0. The number of carbonyl (C=O) groups is 2. The third kappa shape index (κ3) is 3.98. The molecule has 1 heterocycles. The Morgan fingerprint density at radius 3 is 2.23 bits per heavy atom. The Morgan fingerprint density at radius 2 is 1.64 bits per heavy atom. The predicted octanol–water partition coefficient (Wildman–Crippen LogP) is 4.05. The molecule has 2 rings (SSSR count). The van der Waals surface area contributed by atoms with E-state index in [0.29, 0.717) is 0 Å². The van der Waals surface area contributed by atoms with Crippen molar-refractivity contribution in [2.45, 2.75) is 0 Å². The van der Waals surface area contributed by atoms with Crippen molar-refractivity contribution in [3.63, 3.8) is 0 Å². The summed E-state index contributed by atoms with van der Waals surface area (Å²) in [6.45, 7) is 0. The Balaban J connectivity index is 2.08. The van der Waals surface area contributed by atoms with Gasteiger partial charge in [0.1, 0.15) is 0 Å². The lowest BCUT2D eigenvalue weighted by Crippen LogP contribution is -2.35. The number of nitrogens with zero attached hydrogens (tertiary/aromatic N) is 2. The number of hydrogen-bond acceptors (Lipinski definition) is 4. The van der Waals surface area contributed by atoms with Crippen molar-refractivity contribution in [3.8, 4) is 0 Å². The summed E-state index contributed by atoms with van der Waals surface area (Å²) in [6.07, 6.45) is 1.18. The highest BCUT2D eigenvalue weighted by molar-refractivity contribution is 6.41. The van der Waals surface area contributed by atoms with Crippen LogP contribution in [0, 0.1) is 0 Å². The van der Waals surface area contributed by atoms with Crippen LogP contribution in [0.25, 0.3) is 0 Å². The van der Waals surface area contributed by atoms with Gasteiger partial charge in [-0.2, -0.15) is 0 Å². The summed E-state index contributed by atoms with van der Waals surface area (Å²) < 4.78 is 0. The molecule has 2 aromatic rings. The van der Waals surface area contributed by atoms with Crippen molar-refractivity contribution < 1.29 is 9.59 Å². The van der Waals surface area contributed by atoms with Crippen molar-refractivity contribution in [3.05, 3.63) is 50.3 Å². The molecule has 0 radical (unpaired) electrons. The lowest BCUT2D eigenvalue weighted by Gasteiger charge is -2.08. The summed E-state index contributed by atoms with van der Waals surface area (Å²) >= 11 is 23.0. The molecule has 2 N–H and O–H groups in total. The first-order chi connectivity index (χ1) is 10.4. The zero-order chi connectivity index (χ0) is 16.3. The number of benzene rings is 1. The summed E-state index contributed by atoms with van der Waals surface area (Å²) in [6, 6.07) is 3.68. The van der Waals surface area contributed by atoms with E-state index in [1.807, 2.05) is 0 Å². The minimum atomic E-state index is -0.853. The van der Waals surface area contributed by atoms with Crippen LogP contribution in [0.3, 0.4) is 0 Å². The maximum Gasteiger partial charge on any atom is 0.327 e. The van der Waals surface area contributed by atoms with Crippen molar-refractivity contribution >= 4 is 64.2 Å². The van der Waals surface area contributed by atoms with E-state index in [0.717, 1.165) is 0 Å². The van der Waals surface area contributed by atoms with Gasteiger partial charge in [-0.15, -0.1) is 0 Å². The fourth-order valence-electron chi connectivity index (χ4n) is 1.44. The second-order valence-electron chi connectivity index (χ2n) is 3.84. The maximum atomic E-state index is 12.0. The molecular formula is C12H6Cl4N4O2. The minimum Gasteiger partial charge on any atom is -0.291 e. The molecule has 1 aromatic carbocycles. The molecular weight excluding hydrogens is 374 g/mol. The van der Waals surface area contributed by atoms with Gasteiger partial charge in [-0.05, 0) is 12.1 Å². The molecule has 3 amide bonds. The second-order valence-corrected chi connectivity index (χ2v) is 5.37. The van der Waals surface area contributed by atoms with Crippen LogP contribution in [0.1, 0.15) is 10.4 Å². The first kappa shape index (κ1) is 16.8. The Hall–Kier alpha value is -1.60. The molecule has 0 aliphatic rings. The molecule has 0 spiro atoms. The van der Waals surface area contributed by atoms with Gasteiger partial charge in [0.25, 0.3) is 5.91 Å². The van der Waals surface area contributed by atoms with E-state index in [2.05, 4.69) is 20.6 Å². The van der Waals surface area contributed by atoms with Gasteiger partial charge in [0.2, 0.25) is 0 Å². The van der Waals surface area contributed by atoms with Gasteiger partial charge in [-0.1, -0.05) is 52.5 Å². The Morgan fingerprint density at radius 1 is 1.00 bits per heavy atom. The normalized spacial score (nSPS) is 10.2. The molecule has 0 atom stereocenters. The van der Waals surface area contributed by atoms with Crippen LogP contribution in [-0.2, 0) is 0 Å². The number of nitrogens with one attached hydrogen (secondary N) is 2. The Labute approximate surface area is 144 Å². The SMILES string of the molecule is O=C(NC(=O)c1c(Cl)cccc1Cl)Nc1cnc(Cl)c(Cl)n1. The van der Waals surface area contributed by atoms with Crippen molar-refractivity contribution in [2.24, 2.45) is 0 Å². The molecule has 0 saturated heterocycles. The van der Waals surface area contributed by atoms with E-state index in [-0.39, 0.29) is 31.7 Å². The molecule has 0 bridgehead atoms. The van der Waals surface area contributed by atoms with Gasteiger partial charge >= 0.3 is 6.03 Å². The first-order valence-corrected chi connectivity index (χ1v) is 7.14. The highest BCUT2D eigenvalue weighted by Gasteiger charge is 2.17. The number of halogens is 4. The Kier molecular flexibility index (Phi) is 5.42. The number of hydrogen-bond donors (Lipinski definition) is 2. The molecule has 0 unspecified atom stereocenters. The smallest absolute Gasteiger partial charge is 0.291 e. The molecule has 0 aliphatic carbocycles. The third-order valence-electron chi connectivity index (χ3n) is 2.35. The van der Waals surface area contributed by atoms with Crippen LogP contribution in [0.2, 0.25) is 20.4 Å². The topological polar surface area (TPSA) is 84.0 Å². The zero-order valence-electron chi connectivity index (χ0n) is 10.5. The van der Waals surface area contributed by atoms with E-state index < -0.39 is 11.9 Å². The van der Waals surface area contributed by atoms with E-state index in [9.17, 15) is 9.59 Å². The number of carbonyl (C=O) groups excluding carboxylic acids is 2. The number of rotatable bonds is 2. The lowest BCUT2D eigenvalue weighted by atomic mass is 10.2. The molecule has 0 saturated carbocycles. The lowest BCUT2D eigenvalue weighted by molar-refractivity contribution is 0.0967. The fraction of sp³-hybridized carbons (Fsp3) is 0. The number of aromatic nitrogens is 2. The highest BCUT2D eigenvalue weighted by atomic mass is 35.5. The van der Waals surface area contributed by atoms with Crippen LogP contribution >= 0.6 is 46.4 Å². The van der Waals surface area contributed by atoms with E-state index in [4.69, 9.17) is 46.4 Å². The average molecular weight is 380 g/mol. The van der Waals surface area contributed by atoms with Crippen LogP contribution in [0.5, 0.6) is 0 Å². The van der Waals surface area contributed by atoms with Crippen LogP contribution in [-0.4, -0.2) is 21.9 Å². The van der Waals surface area contributed by atoms with Crippen LogP contribution in [0.15, 0.2) is 24.4 Å². The highest BCUT2D eigenvalue weighted by Crippen LogP contribution is 2.24. The monoisotopic (exact) mass is 378 g/mol. The summed E-state index contributed by atoms with van der Waals surface area (Å²) in [5.74, 6) is -0.744. The summed E-state index contributed by atoms with van der Waals surface area (Å²) in [4.78, 5) is 31.2. The minimum absolute atomic E-state index is 0.00782. The molecule has 6 nitrogen and oxygen atoms in total. The fourth-order valence-corrected chi connectivity index (χ4v) is 2.24. The maximum absolute atomic E-state index is 12.0. The zero-order valence-corrected chi connectivity index (χ0v) is 13.6. The summed E-state index contributed by atoms with van der Waals surface area (Å²) in [5, 5.41) is 4.48. The quantitative estimate of drug-likeness (QED) is 0.824. The molecule has 1 aromatic heterocycles. The van der Waals surface area contributed by atoms with Gasteiger partial charge in [-0.3, -0.25) is 15.4 Å². The summed E-state index contributed by atoms with van der Waals surface area (Å²) in [5.41, 5.74) is -0.0128. The Bertz CT molecular complexity index is 734. The third-order valence-corrected chi connectivity index (χ3v) is 3.61. The van der Waals surface area contributed by atoms with Crippen LogP contribution < -0.4 is 10.6 Å². The number of imide groups is 1. The van der Waals surface area contributed by atoms with E-state index in [1.165, 1.54) is 18.3 Å². The predicted molar refractivity (Wildman–Crippen MR) is 85.0 cm³/mol. The molecule has 22 heavy (non-hydrogen) atoms. The van der Waals surface area contributed by atoms with E-state index >= 15 is 0 Å². The molecule has 0 fully saturated rings. The number of urea groups is 1. The number of amides is 3. The van der Waals surface area contributed by atoms with Gasteiger partial charge in [0.15, 0.2) is 16.1 Å². The van der Waals surface area contributed by atoms with Crippen molar-refractivity contribution in [1.29, 1.82) is 0 Å².